The summed E-state index contributed by atoms with van der Waals surface area (Å²) in [5.41, 5.74) is 7.56. The summed E-state index contributed by atoms with van der Waals surface area (Å²) in [6.45, 7) is 3.53. The second kappa shape index (κ2) is 5.38. The Morgan fingerprint density at radius 3 is 2.58 bits per heavy atom. The summed E-state index contributed by atoms with van der Waals surface area (Å²) in [6, 6.07) is 7.82. The van der Waals surface area contributed by atoms with Gasteiger partial charge in [0.1, 0.15) is 0 Å². The third-order valence-corrected chi connectivity index (χ3v) is 3.15. The Morgan fingerprint density at radius 2 is 1.89 bits per heavy atom. The SMILES string of the molecule is NCc1ccc(-c2nc(N3CCOCC3)no2)cc1. The molecule has 19 heavy (non-hydrogen) atoms. The van der Waals surface area contributed by atoms with Crippen LogP contribution in [0, 0.1) is 0 Å². The summed E-state index contributed by atoms with van der Waals surface area (Å²) in [6.07, 6.45) is 0. The fourth-order valence-electron chi connectivity index (χ4n) is 2.01. The summed E-state index contributed by atoms with van der Waals surface area (Å²) >= 11 is 0. The van der Waals surface area contributed by atoms with Gasteiger partial charge in [-0.3, -0.25) is 0 Å². The first kappa shape index (κ1) is 12.1. The van der Waals surface area contributed by atoms with Gasteiger partial charge < -0.3 is 19.9 Å². The van der Waals surface area contributed by atoms with Crippen LogP contribution >= 0.6 is 0 Å². The highest BCUT2D eigenvalue weighted by molar-refractivity contribution is 5.55. The molecule has 0 aliphatic carbocycles. The molecule has 1 fully saturated rings. The Labute approximate surface area is 111 Å². The van der Waals surface area contributed by atoms with Crippen molar-refractivity contribution in [1.82, 2.24) is 10.1 Å². The van der Waals surface area contributed by atoms with Crippen LogP contribution in [-0.4, -0.2) is 36.4 Å². The molecule has 1 aliphatic heterocycles. The minimum Gasteiger partial charge on any atom is -0.378 e. The second-order valence-corrected chi connectivity index (χ2v) is 4.40. The van der Waals surface area contributed by atoms with Crippen LogP contribution in [0.1, 0.15) is 5.56 Å². The number of benzene rings is 1. The van der Waals surface area contributed by atoms with Crippen molar-refractivity contribution in [3.63, 3.8) is 0 Å². The number of aromatic nitrogens is 2. The molecule has 0 unspecified atom stereocenters. The lowest BCUT2D eigenvalue weighted by Gasteiger charge is -2.24. The zero-order valence-corrected chi connectivity index (χ0v) is 10.6. The van der Waals surface area contributed by atoms with Gasteiger partial charge in [-0.15, -0.1) is 0 Å². The van der Waals surface area contributed by atoms with Gasteiger partial charge in [-0.1, -0.05) is 12.1 Å². The predicted molar refractivity (Wildman–Crippen MR) is 70.7 cm³/mol. The van der Waals surface area contributed by atoms with Gasteiger partial charge in [0.25, 0.3) is 11.8 Å². The minimum atomic E-state index is 0.531. The van der Waals surface area contributed by atoms with Gasteiger partial charge in [0.05, 0.1) is 13.2 Å². The number of rotatable bonds is 3. The number of morpholine rings is 1. The molecule has 1 aromatic heterocycles. The largest absolute Gasteiger partial charge is 0.378 e. The normalized spacial score (nSPS) is 15.7. The highest BCUT2D eigenvalue weighted by Crippen LogP contribution is 2.21. The molecule has 0 spiro atoms. The molecule has 0 amide bonds. The van der Waals surface area contributed by atoms with Crippen molar-refractivity contribution in [3.8, 4) is 11.5 Å². The molecule has 100 valence electrons. The van der Waals surface area contributed by atoms with Gasteiger partial charge in [-0.2, -0.15) is 4.98 Å². The van der Waals surface area contributed by atoms with Crippen molar-refractivity contribution in [2.75, 3.05) is 31.2 Å². The molecule has 0 bridgehead atoms. The number of hydrogen-bond donors (Lipinski definition) is 1. The van der Waals surface area contributed by atoms with Crippen LogP contribution < -0.4 is 10.6 Å². The fraction of sp³-hybridized carbons (Fsp3) is 0.385. The number of hydrogen-bond acceptors (Lipinski definition) is 6. The van der Waals surface area contributed by atoms with Crippen LogP contribution in [0.3, 0.4) is 0 Å². The lowest BCUT2D eigenvalue weighted by Crippen LogP contribution is -2.36. The molecule has 0 radical (unpaired) electrons. The lowest BCUT2D eigenvalue weighted by atomic mass is 10.1. The van der Waals surface area contributed by atoms with E-state index in [4.69, 9.17) is 15.0 Å². The Morgan fingerprint density at radius 1 is 1.16 bits per heavy atom. The number of nitrogens with zero attached hydrogens (tertiary/aromatic N) is 3. The number of ether oxygens (including phenoxy) is 1. The molecular weight excluding hydrogens is 244 g/mol. The van der Waals surface area contributed by atoms with Crippen molar-refractivity contribution in [2.45, 2.75) is 6.54 Å². The molecule has 6 heteroatoms. The molecule has 3 rings (SSSR count). The van der Waals surface area contributed by atoms with E-state index in [0.717, 1.165) is 24.2 Å². The molecule has 1 aromatic carbocycles. The van der Waals surface area contributed by atoms with Gasteiger partial charge >= 0.3 is 0 Å². The molecule has 1 aliphatic rings. The van der Waals surface area contributed by atoms with Crippen LogP contribution in [0.2, 0.25) is 0 Å². The Balaban J connectivity index is 1.79. The average molecular weight is 260 g/mol. The van der Waals surface area contributed by atoms with E-state index in [0.29, 0.717) is 31.6 Å². The van der Waals surface area contributed by atoms with Crippen LogP contribution in [0.4, 0.5) is 5.95 Å². The molecule has 2 aromatic rings. The van der Waals surface area contributed by atoms with Crippen molar-refractivity contribution < 1.29 is 9.26 Å². The summed E-state index contributed by atoms with van der Waals surface area (Å²) in [4.78, 5) is 6.48. The Hall–Kier alpha value is -1.92. The first-order chi connectivity index (χ1) is 9.36. The molecular formula is C13H16N4O2. The maximum absolute atomic E-state index is 5.57. The minimum absolute atomic E-state index is 0.531. The third-order valence-electron chi connectivity index (χ3n) is 3.15. The van der Waals surface area contributed by atoms with Gasteiger partial charge in [0.15, 0.2) is 0 Å². The number of nitrogens with two attached hydrogens (primary N) is 1. The standard InChI is InChI=1S/C13H16N4O2/c14-9-10-1-3-11(4-2-10)12-15-13(16-19-12)17-5-7-18-8-6-17/h1-4H,5-9,14H2. The van der Waals surface area contributed by atoms with Gasteiger partial charge in [-0.05, 0) is 22.9 Å². The lowest BCUT2D eigenvalue weighted by molar-refractivity contribution is 0.121. The van der Waals surface area contributed by atoms with Crippen LogP contribution in [0.15, 0.2) is 28.8 Å². The average Bonchev–Trinajstić information content (AvgIpc) is 2.98. The van der Waals surface area contributed by atoms with Crippen molar-refractivity contribution in [3.05, 3.63) is 29.8 Å². The summed E-state index contributed by atoms with van der Waals surface area (Å²) in [7, 11) is 0. The van der Waals surface area contributed by atoms with Crippen LogP contribution in [0.25, 0.3) is 11.5 Å². The topological polar surface area (TPSA) is 77.4 Å². The van der Waals surface area contributed by atoms with Crippen LogP contribution in [-0.2, 0) is 11.3 Å². The number of anilines is 1. The molecule has 0 saturated carbocycles. The maximum atomic E-state index is 5.57. The van der Waals surface area contributed by atoms with E-state index in [2.05, 4.69) is 15.0 Å². The zero-order valence-electron chi connectivity index (χ0n) is 10.6. The highest BCUT2D eigenvalue weighted by atomic mass is 16.5. The fourth-order valence-corrected chi connectivity index (χ4v) is 2.01. The molecule has 6 nitrogen and oxygen atoms in total. The molecule has 1 saturated heterocycles. The second-order valence-electron chi connectivity index (χ2n) is 4.40. The van der Waals surface area contributed by atoms with E-state index in [-0.39, 0.29) is 0 Å². The van der Waals surface area contributed by atoms with E-state index in [1.807, 2.05) is 24.3 Å². The highest BCUT2D eigenvalue weighted by Gasteiger charge is 2.17. The van der Waals surface area contributed by atoms with E-state index in [9.17, 15) is 0 Å². The van der Waals surface area contributed by atoms with Gasteiger partial charge in [0, 0.05) is 25.2 Å². The van der Waals surface area contributed by atoms with Crippen molar-refractivity contribution >= 4 is 5.95 Å². The van der Waals surface area contributed by atoms with Gasteiger partial charge in [0.2, 0.25) is 0 Å². The van der Waals surface area contributed by atoms with Gasteiger partial charge in [-0.25, -0.2) is 0 Å². The molecule has 2 heterocycles. The summed E-state index contributed by atoms with van der Waals surface area (Å²) < 4.78 is 10.6. The van der Waals surface area contributed by atoms with E-state index >= 15 is 0 Å². The first-order valence-corrected chi connectivity index (χ1v) is 6.32. The third kappa shape index (κ3) is 2.59. The quantitative estimate of drug-likeness (QED) is 0.888. The Kier molecular flexibility index (Phi) is 3.43. The van der Waals surface area contributed by atoms with Crippen molar-refractivity contribution in [2.24, 2.45) is 5.73 Å². The van der Waals surface area contributed by atoms with Crippen LogP contribution in [0.5, 0.6) is 0 Å². The van der Waals surface area contributed by atoms with E-state index in [1.165, 1.54) is 0 Å². The first-order valence-electron chi connectivity index (χ1n) is 6.32. The Bertz CT molecular complexity index is 532. The predicted octanol–water partition coefficient (Wildman–Crippen LogP) is 1.03. The summed E-state index contributed by atoms with van der Waals surface area (Å²) in [5, 5.41) is 4.02. The van der Waals surface area contributed by atoms with Crippen molar-refractivity contribution in [1.29, 1.82) is 0 Å². The monoisotopic (exact) mass is 260 g/mol. The smallest absolute Gasteiger partial charge is 0.266 e. The summed E-state index contributed by atoms with van der Waals surface area (Å²) in [5.74, 6) is 1.16. The molecule has 2 N–H and O–H groups in total. The molecule has 0 atom stereocenters. The zero-order chi connectivity index (χ0) is 13.1. The van der Waals surface area contributed by atoms with E-state index < -0.39 is 0 Å². The van der Waals surface area contributed by atoms with E-state index in [1.54, 1.807) is 0 Å². The maximum Gasteiger partial charge on any atom is 0.266 e.